The Morgan fingerprint density at radius 1 is 0.857 bits per heavy atom. The molecule has 1 amide bonds. The highest BCUT2D eigenvalue weighted by Gasteiger charge is 2.30. The van der Waals surface area contributed by atoms with Crippen LogP contribution in [0.4, 0.5) is 0 Å². The van der Waals surface area contributed by atoms with Crippen molar-refractivity contribution in [1.82, 2.24) is 24.8 Å². The number of benzene rings is 3. The minimum atomic E-state index is 0.0504. The molecular formula is C29H29N5O. The zero-order valence-electron chi connectivity index (χ0n) is 20.0. The normalized spacial score (nSPS) is 19.0. The maximum absolute atomic E-state index is 12.0. The van der Waals surface area contributed by atoms with Crippen LogP contribution in [0, 0.1) is 0 Å². The average Bonchev–Trinajstić information content (AvgIpc) is 3.67. The van der Waals surface area contributed by atoms with Crippen LogP contribution in [0.2, 0.25) is 0 Å². The van der Waals surface area contributed by atoms with Gasteiger partial charge in [0.15, 0.2) is 0 Å². The summed E-state index contributed by atoms with van der Waals surface area (Å²) >= 11 is 0. The van der Waals surface area contributed by atoms with E-state index >= 15 is 0 Å². The number of carbonyl (C=O) groups excluding carboxylic acids is 1. The molecule has 0 radical (unpaired) electrons. The summed E-state index contributed by atoms with van der Waals surface area (Å²) in [5.74, 6) is 2.74. The summed E-state index contributed by atoms with van der Waals surface area (Å²) in [6.45, 7) is 2.45. The molecule has 1 aliphatic heterocycles. The smallest absolute Gasteiger partial charge is 0.220 e. The number of amides is 1. The number of hydrogen-bond acceptors (Lipinski definition) is 3. The van der Waals surface area contributed by atoms with E-state index in [1.54, 1.807) is 6.92 Å². The van der Waals surface area contributed by atoms with Crippen molar-refractivity contribution in [2.75, 3.05) is 6.54 Å². The van der Waals surface area contributed by atoms with Crippen molar-refractivity contribution in [2.45, 2.75) is 57.4 Å². The second kappa shape index (κ2) is 7.94. The Morgan fingerprint density at radius 2 is 1.66 bits per heavy atom. The van der Waals surface area contributed by atoms with E-state index < -0.39 is 0 Å². The molecule has 2 aromatic heterocycles. The van der Waals surface area contributed by atoms with Gasteiger partial charge in [0.1, 0.15) is 11.6 Å². The van der Waals surface area contributed by atoms with Gasteiger partial charge < -0.3 is 14.9 Å². The zero-order chi connectivity index (χ0) is 23.5. The predicted molar refractivity (Wildman–Crippen MR) is 139 cm³/mol. The van der Waals surface area contributed by atoms with Crippen molar-refractivity contribution in [2.24, 2.45) is 0 Å². The van der Waals surface area contributed by atoms with E-state index in [0.717, 1.165) is 58.7 Å². The highest BCUT2D eigenvalue weighted by molar-refractivity contribution is 6.05. The first-order chi connectivity index (χ1) is 17.1. The molecule has 1 atom stereocenters. The quantitative estimate of drug-likeness (QED) is 0.316. The molecule has 6 heteroatoms. The first-order valence-corrected chi connectivity index (χ1v) is 12.8. The van der Waals surface area contributed by atoms with Crippen LogP contribution in [0.3, 0.4) is 0 Å². The molecule has 176 valence electrons. The van der Waals surface area contributed by atoms with Gasteiger partial charge in [-0.1, -0.05) is 37.1 Å². The molecular weight excluding hydrogens is 434 g/mol. The monoisotopic (exact) mass is 463 g/mol. The third-order valence-electron chi connectivity index (χ3n) is 8.03. The van der Waals surface area contributed by atoms with Gasteiger partial charge in [-0.25, -0.2) is 9.97 Å². The lowest BCUT2D eigenvalue weighted by Gasteiger charge is -2.21. The SMILES string of the molecule is CC(=O)N1CCC[C@H]1c1nc2ccc(-c3ccc4c(ccc5[nH]c(C6CCCC6)nc54)c3)cc2[nH]1. The van der Waals surface area contributed by atoms with Crippen molar-refractivity contribution < 1.29 is 4.79 Å². The van der Waals surface area contributed by atoms with Crippen molar-refractivity contribution in [3.05, 3.63) is 60.2 Å². The van der Waals surface area contributed by atoms with Gasteiger partial charge in [0.25, 0.3) is 0 Å². The lowest BCUT2D eigenvalue weighted by atomic mass is 10.0. The summed E-state index contributed by atoms with van der Waals surface area (Å²) < 4.78 is 0. The maximum Gasteiger partial charge on any atom is 0.220 e. The lowest BCUT2D eigenvalue weighted by molar-refractivity contribution is -0.129. The number of nitrogens with one attached hydrogen (secondary N) is 2. The van der Waals surface area contributed by atoms with Crippen LogP contribution in [-0.2, 0) is 4.79 Å². The summed E-state index contributed by atoms with van der Waals surface area (Å²) in [6, 6.07) is 17.5. The van der Waals surface area contributed by atoms with Gasteiger partial charge in [-0.2, -0.15) is 0 Å². The van der Waals surface area contributed by atoms with Crippen LogP contribution in [0.5, 0.6) is 0 Å². The maximum atomic E-state index is 12.0. The molecule has 6 nitrogen and oxygen atoms in total. The van der Waals surface area contributed by atoms with Gasteiger partial charge >= 0.3 is 0 Å². The number of hydrogen-bond donors (Lipinski definition) is 2. The van der Waals surface area contributed by atoms with Crippen LogP contribution in [-0.4, -0.2) is 37.3 Å². The Bertz CT molecular complexity index is 1590. The number of rotatable bonds is 3. The molecule has 0 bridgehead atoms. The molecule has 3 heterocycles. The van der Waals surface area contributed by atoms with E-state index in [2.05, 4.69) is 58.5 Å². The fourth-order valence-corrected chi connectivity index (χ4v) is 6.19. The highest BCUT2D eigenvalue weighted by Crippen LogP contribution is 2.36. The van der Waals surface area contributed by atoms with Gasteiger partial charge in [-0.3, -0.25) is 4.79 Å². The lowest BCUT2D eigenvalue weighted by Crippen LogP contribution is -2.28. The summed E-state index contributed by atoms with van der Waals surface area (Å²) in [4.78, 5) is 30.9. The minimum absolute atomic E-state index is 0.0504. The second-order valence-electron chi connectivity index (χ2n) is 10.2. The van der Waals surface area contributed by atoms with E-state index in [1.807, 2.05) is 4.90 Å². The molecule has 2 fully saturated rings. The number of imidazole rings is 2. The van der Waals surface area contributed by atoms with Crippen LogP contribution in [0.15, 0.2) is 48.5 Å². The van der Waals surface area contributed by atoms with E-state index in [9.17, 15) is 4.79 Å². The third-order valence-corrected chi connectivity index (χ3v) is 8.03. The molecule has 2 aliphatic rings. The van der Waals surface area contributed by atoms with E-state index in [0.29, 0.717) is 5.92 Å². The first-order valence-electron chi connectivity index (χ1n) is 12.8. The van der Waals surface area contributed by atoms with Crippen molar-refractivity contribution in [3.8, 4) is 11.1 Å². The number of nitrogens with zero attached hydrogens (tertiary/aromatic N) is 3. The summed E-state index contributed by atoms with van der Waals surface area (Å²) in [7, 11) is 0. The van der Waals surface area contributed by atoms with Crippen molar-refractivity contribution >= 4 is 38.7 Å². The zero-order valence-corrected chi connectivity index (χ0v) is 20.0. The summed E-state index contributed by atoms with van der Waals surface area (Å²) in [5.41, 5.74) is 6.49. The van der Waals surface area contributed by atoms with Crippen molar-refractivity contribution in [3.63, 3.8) is 0 Å². The molecule has 1 aliphatic carbocycles. The number of fused-ring (bicyclic) bond motifs is 4. The van der Waals surface area contributed by atoms with Crippen LogP contribution < -0.4 is 0 Å². The van der Waals surface area contributed by atoms with Gasteiger partial charge in [0.2, 0.25) is 5.91 Å². The second-order valence-corrected chi connectivity index (χ2v) is 10.2. The van der Waals surface area contributed by atoms with E-state index in [1.165, 1.54) is 42.0 Å². The number of H-pyrrole nitrogens is 2. The Balaban J connectivity index is 1.24. The van der Waals surface area contributed by atoms with Gasteiger partial charge in [-0.15, -0.1) is 0 Å². The van der Waals surface area contributed by atoms with Crippen LogP contribution >= 0.6 is 0 Å². The van der Waals surface area contributed by atoms with Gasteiger partial charge in [0, 0.05) is 24.8 Å². The standard InChI is InChI=1S/C29H29N5O/c1-17(35)34-14-4-7-26(34)29-30-23-12-9-20(16-25(23)32-29)19-8-11-22-21(15-19)10-13-24-27(22)33-28(31-24)18-5-2-3-6-18/h8-13,15-16,18,26H,2-7,14H2,1H3,(H,30,32)(H,31,33)/t26-/m0/s1. The Labute approximate surface area is 203 Å². The van der Waals surface area contributed by atoms with Gasteiger partial charge in [0.05, 0.1) is 28.1 Å². The number of likely N-dealkylation sites (tertiary alicyclic amines) is 1. The third kappa shape index (κ3) is 3.42. The number of carbonyl (C=O) groups is 1. The first kappa shape index (κ1) is 20.7. The van der Waals surface area contributed by atoms with Gasteiger partial charge in [-0.05, 0) is 66.5 Å². The molecule has 35 heavy (non-hydrogen) atoms. The largest absolute Gasteiger partial charge is 0.342 e. The summed E-state index contributed by atoms with van der Waals surface area (Å²) in [6.07, 6.45) is 7.09. The van der Waals surface area contributed by atoms with Crippen LogP contribution in [0.25, 0.3) is 44.0 Å². The molecule has 2 N–H and O–H groups in total. The Morgan fingerprint density at radius 3 is 2.51 bits per heavy atom. The number of aromatic amines is 2. The minimum Gasteiger partial charge on any atom is -0.342 e. The molecule has 0 unspecified atom stereocenters. The molecule has 5 aromatic rings. The highest BCUT2D eigenvalue weighted by atomic mass is 16.2. The molecule has 7 rings (SSSR count). The Hall–Kier alpha value is -3.67. The molecule has 0 spiro atoms. The number of aromatic nitrogens is 4. The molecule has 3 aromatic carbocycles. The fraction of sp³-hybridized carbons (Fsp3) is 0.345. The topological polar surface area (TPSA) is 77.7 Å². The molecule has 1 saturated heterocycles. The van der Waals surface area contributed by atoms with Crippen LogP contribution in [0.1, 0.15) is 69.1 Å². The Kier molecular flexibility index (Phi) is 4.69. The average molecular weight is 464 g/mol. The van der Waals surface area contributed by atoms with E-state index in [-0.39, 0.29) is 11.9 Å². The fourth-order valence-electron chi connectivity index (χ4n) is 6.19. The molecule has 1 saturated carbocycles. The van der Waals surface area contributed by atoms with Crippen molar-refractivity contribution in [1.29, 1.82) is 0 Å². The summed E-state index contributed by atoms with van der Waals surface area (Å²) in [5, 5.41) is 2.40. The van der Waals surface area contributed by atoms with E-state index in [4.69, 9.17) is 9.97 Å². The predicted octanol–water partition coefficient (Wildman–Crippen LogP) is 6.60.